The van der Waals surface area contributed by atoms with E-state index in [-0.39, 0.29) is 16.1 Å². The molecule has 0 radical (unpaired) electrons. The summed E-state index contributed by atoms with van der Waals surface area (Å²) in [5, 5.41) is 1.35. The number of benzene rings is 2. The van der Waals surface area contributed by atoms with E-state index in [1.54, 1.807) is 36.4 Å². The number of halogens is 4. The van der Waals surface area contributed by atoms with Crippen LogP contribution >= 0.6 is 34.8 Å². The number of aromatic nitrogens is 2. The Labute approximate surface area is 237 Å². The van der Waals surface area contributed by atoms with Gasteiger partial charge in [0.25, 0.3) is 5.56 Å². The summed E-state index contributed by atoms with van der Waals surface area (Å²) in [4.78, 5) is 20.8. The van der Waals surface area contributed by atoms with Crippen LogP contribution in [0.4, 0.5) is 4.39 Å². The van der Waals surface area contributed by atoms with Crippen molar-refractivity contribution >= 4 is 45.7 Å². The molecule has 0 unspecified atom stereocenters. The molecule has 2 aromatic carbocycles. The van der Waals surface area contributed by atoms with Crippen LogP contribution in [-0.4, -0.2) is 33.1 Å². The van der Waals surface area contributed by atoms with Crippen LogP contribution in [0.5, 0.6) is 0 Å². The van der Waals surface area contributed by atoms with Crippen LogP contribution in [-0.2, 0) is 6.42 Å². The highest BCUT2D eigenvalue weighted by Gasteiger charge is 2.28. The van der Waals surface area contributed by atoms with Gasteiger partial charge < -0.3 is 0 Å². The second-order valence-corrected chi connectivity index (χ2v) is 12.1. The van der Waals surface area contributed by atoms with E-state index in [1.165, 1.54) is 16.7 Å². The number of likely N-dealkylation sites (tertiary alicyclic amines) is 1. The number of piperidine rings is 1. The predicted octanol–water partition coefficient (Wildman–Crippen LogP) is 8.21. The lowest BCUT2D eigenvalue weighted by Crippen LogP contribution is -2.46. The molecule has 4 aromatic rings. The van der Waals surface area contributed by atoms with Crippen molar-refractivity contribution in [1.82, 2.24) is 14.5 Å². The summed E-state index contributed by atoms with van der Waals surface area (Å²) in [6.07, 6.45) is 2.82. The van der Waals surface area contributed by atoms with E-state index in [9.17, 15) is 9.18 Å². The minimum absolute atomic E-state index is 0.00883. The zero-order chi connectivity index (χ0) is 27.2. The summed E-state index contributed by atoms with van der Waals surface area (Å²) in [5.41, 5.74) is 2.66. The molecule has 4 nitrogen and oxygen atoms in total. The standard InChI is InChI=1S/C30H29Cl3FN3O/c1-30(2,3)36-14-12-18(13-15-36)16-19-17-25-20(28(35-19)21-6-4-9-24(34)27(21)33)10-11-26(38)37(25)29-22(31)7-5-8-23(29)32/h4-11,17-18H,12-16H2,1-3H3. The van der Waals surface area contributed by atoms with Crippen LogP contribution < -0.4 is 5.56 Å². The van der Waals surface area contributed by atoms with E-state index in [2.05, 4.69) is 25.7 Å². The molecule has 198 valence electrons. The highest BCUT2D eigenvalue weighted by molar-refractivity contribution is 6.38. The van der Waals surface area contributed by atoms with Gasteiger partial charge in [0.05, 0.1) is 32.0 Å². The molecule has 8 heteroatoms. The summed E-state index contributed by atoms with van der Waals surface area (Å²) in [7, 11) is 0. The zero-order valence-electron chi connectivity index (χ0n) is 21.6. The predicted molar refractivity (Wildman–Crippen MR) is 156 cm³/mol. The second kappa shape index (κ2) is 10.6. The van der Waals surface area contributed by atoms with E-state index in [4.69, 9.17) is 39.8 Å². The summed E-state index contributed by atoms with van der Waals surface area (Å²) in [5.74, 6) is -0.0938. The molecule has 0 spiro atoms. The molecular weight excluding hydrogens is 544 g/mol. The van der Waals surface area contributed by atoms with Gasteiger partial charge in [-0.2, -0.15) is 0 Å². The molecule has 1 aliphatic rings. The van der Waals surface area contributed by atoms with Gasteiger partial charge >= 0.3 is 0 Å². The number of fused-ring (bicyclic) bond motifs is 1. The van der Waals surface area contributed by atoms with Gasteiger partial charge in [0.2, 0.25) is 0 Å². The van der Waals surface area contributed by atoms with E-state index in [1.807, 2.05) is 6.07 Å². The number of para-hydroxylation sites is 1. The number of pyridine rings is 2. The number of rotatable bonds is 4. The van der Waals surface area contributed by atoms with Gasteiger partial charge in [0.15, 0.2) is 0 Å². The minimum Gasteiger partial charge on any atom is -0.298 e. The first-order valence-electron chi connectivity index (χ1n) is 12.7. The number of hydrogen-bond donors (Lipinski definition) is 0. The van der Waals surface area contributed by atoms with Crippen molar-refractivity contribution in [2.75, 3.05) is 13.1 Å². The smallest absolute Gasteiger partial charge is 0.255 e. The molecule has 1 saturated heterocycles. The minimum atomic E-state index is -0.526. The first kappa shape index (κ1) is 27.1. The Kier molecular flexibility index (Phi) is 7.58. The third kappa shape index (κ3) is 5.22. The molecule has 0 bridgehead atoms. The fourth-order valence-corrected chi connectivity index (χ4v) is 6.11. The van der Waals surface area contributed by atoms with Gasteiger partial charge in [-0.3, -0.25) is 19.2 Å². The van der Waals surface area contributed by atoms with Crippen molar-refractivity contribution in [3.8, 4) is 16.9 Å². The Hall–Kier alpha value is -2.44. The van der Waals surface area contributed by atoms with Crippen molar-refractivity contribution in [2.45, 2.75) is 45.6 Å². The molecule has 0 amide bonds. The van der Waals surface area contributed by atoms with Gasteiger partial charge in [-0.15, -0.1) is 0 Å². The molecule has 0 saturated carbocycles. The Morgan fingerprint density at radius 1 is 0.974 bits per heavy atom. The van der Waals surface area contributed by atoms with Gasteiger partial charge in [-0.25, -0.2) is 4.39 Å². The monoisotopic (exact) mass is 571 g/mol. The molecule has 5 rings (SSSR count). The maximum Gasteiger partial charge on any atom is 0.255 e. The summed E-state index contributed by atoms with van der Waals surface area (Å²) in [6, 6.07) is 14.9. The van der Waals surface area contributed by atoms with E-state index in [0.29, 0.717) is 43.8 Å². The van der Waals surface area contributed by atoms with Crippen LogP contribution in [0.2, 0.25) is 15.1 Å². The highest BCUT2D eigenvalue weighted by Crippen LogP contribution is 2.37. The molecule has 1 aliphatic heterocycles. The van der Waals surface area contributed by atoms with Gasteiger partial charge in [-0.1, -0.05) is 53.0 Å². The number of hydrogen-bond acceptors (Lipinski definition) is 3. The van der Waals surface area contributed by atoms with Crippen molar-refractivity contribution in [1.29, 1.82) is 0 Å². The molecule has 0 atom stereocenters. The second-order valence-electron chi connectivity index (χ2n) is 10.9. The lowest BCUT2D eigenvalue weighted by atomic mass is 9.89. The van der Waals surface area contributed by atoms with Crippen LogP contribution in [0, 0.1) is 11.7 Å². The fourth-order valence-electron chi connectivity index (χ4n) is 5.32. The van der Waals surface area contributed by atoms with Gasteiger partial charge in [0.1, 0.15) is 5.82 Å². The topological polar surface area (TPSA) is 38.1 Å². The van der Waals surface area contributed by atoms with Crippen molar-refractivity contribution in [2.24, 2.45) is 5.92 Å². The number of nitrogens with zero attached hydrogens (tertiary/aromatic N) is 3. The summed E-state index contributed by atoms with van der Waals surface area (Å²) >= 11 is 19.5. The molecular formula is C30H29Cl3FN3O. The zero-order valence-corrected chi connectivity index (χ0v) is 23.8. The van der Waals surface area contributed by atoms with Crippen molar-refractivity contribution < 1.29 is 4.39 Å². The van der Waals surface area contributed by atoms with Gasteiger partial charge in [-0.05, 0) is 89.4 Å². The molecule has 0 N–H and O–H groups in total. The third-order valence-electron chi connectivity index (χ3n) is 7.37. The van der Waals surface area contributed by atoms with Crippen LogP contribution in [0.15, 0.2) is 59.4 Å². The molecule has 38 heavy (non-hydrogen) atoms. The van der Waals surface area contributed by atoms with Crippen molar-refractivity contribution in [3.05, 3.63) is 91.5 Å². The summed E-state index contributed by atoms with van der Waals surface area (Å²) < 4.78 is 16.0. The maximum absolute atomic E-state index is 14.5. The first-order chi connectivity index (χ1) is 18.0. The van der Waals surface area contributed by atoms with Crippen LogP contribution in [0.3, 0.4) is 0 Å². The lowest BCUT2D eigenvalue weighted by Gasteiger charge is -2.40. The quantitative estimate of drug-likeness (QED) is 0.247. The highest BCUT2D eigenvalue weighted by atomic mass is 35.5. The Morgan fingerprint density at radius 2 is 1.63 bits per heavy atom. The lowest BCUT2D eigenvalue weighted by molar-refractivity contribution is 0.0874. The summed E-state index contributed by atoms with van der Waals surface area (Å²) in [6.45, 7) is 8.76. The Bertz CT molecular complexity index is 1550. The molecule has 0 aliphatic carbocycles. The fraction of sp³-hybridized carbons (Fsp3) is 0.333. The van der Waals surface area contributed by atoms with E-state index in [0.717, 1.165) is 38.0 Å². The van der Waals surface area contributed by atoms with Crippen molar-refractivity contribution in [3.63, 3.8) is 0 Å². The largest absolute Gasteiger partial charge is 0.298 e. The van der Waals surface area contributed by atoms with E-state index >= 15 is 0 Å². The maximum atomic E-state index is 14.5. The Balaban J connectivity index is 1.69. The first-order valence-corrected chi connectivity index (χ1v) is 13.9. The molecule has 1 fully saturated rings. The Morgan fingerprint density at radius 3 is 2.29 bits per heavy atom. The van der Waals surface area contributed by atoms with Crippen LogP contribution in [0.25, 0.3) is 27.8 Å². The average Bonchev–Trinajstić information content (AvgIpc) is 2.86. The molecule has 3 heterocycles. The van der Waals surface area contributed by atoms with E-state index < -0.39 is 5.82 Å². The average molecular weight is 573 g/mol. The van der Waals surface area contributed by atoms with Gasteiger partial charge in [0, 0.05) is 28.2 Å². The third-order valence-corrected chi connectivity index (χ3v) is 8.37. The molecule has 2 aromatic heterocycles. The normalized spacial score (nSPS) is 15.3. The SMILES string of the molecule is CC(C)(C)N1CCC(Cc2cc3c(ccc(=O)n3-c3c(Cl)cccc3Cl)c(-c3cccc(F)c3Cl)n2)CC1. The van der Waals surface area contributed by atoms with Crippen LogP contribution in [0.1, 0.15) is 39.3 Å².